The third kappa shape index (κ3) is 5.28. The van der Waals surface area contributed by atoms with Crippen LogP contribution in [0.2, 0.25) is 5.02 Å². The summed E-state index contributed by atoms with van der Waals surface area (Å²) in [4.78, 5) is 22.8. The topological polar surface area (TPSA) is 84.2 Å². The van der Waals surface area contributed by atoms with Crippen molar-refractivity contribution in [3.63, 3.8) is 0 Å². The average molecular weight is 284 g/mol. The lowest BCUT2D eigenvalue weighted by Crippen LogP contribution is -2.41. The maximum Gasteiger partial charge on any atom is 0.248 e. The Labute approximate surface area is 117 Å². The molecule has 5 nitrogen and oxygen atoms in total. The standard InChI is InChI=1S/C13H18ClN3O2/c1-13(2,3)16-7-11(18)17-10-6-8(12(15)19)4-5-9(10)14/h4-6,16H,7H2,1-3H3,(H2,15,19)(H,17,18). The van der Waals surface area contributed by atoms with Gasteiger partial charge in [-0.25, -0.2) is 0 Å². The minimum Gasteiger partial charge on any atom is -0.366 e. The van der Waals surface area contributed by atoms with Crippen molar-refractivity contribution < 1.29 is 9.59 Å². The zero-order valence-corrected chi connectivity index (χ0v) is 12.0. The molecule has 0 aliphatic heterocycles. The number of carbonyl (C=O) groups excluding carboxylic acids is 2. The largest absolute Gasteiger partial charge is 0.366 e. The van der Waals surface area contributed by atoms with E-state index in [0.717, 1.165) is 0 Å². The first kappa shape index (κ1) is 15.5. The van der Waals surface area contributed by atoms with E-state index in [4.69, 9.17) is 17.3 Å². The lowest BCUT2D eigenvalue weighted by atomic mass is 10.1. The van der Waals surface area contributed by atoms with Crippen LogP contribution in [0.15, 0.2) is 18.2 Å². The third-order valence-corrected chi connectivity index (χ3v) is 2.63. The second-order valence-electron chi connectivity index (χ2n) is 5.21. The minimum atomic E-state index is -0.569. The van der Waals surface area contributed by atoms with Crippen LogP contribution in [0.3, 0.4) is 0 Å². The number of hydrogen-bond donors (Lipinski definition) is 3. The van der Waals surface area contributed by atoms with Crippen molar-refractivity contribution >= 4 is 29.1 Å². The Morgan fingerprint density at radius 3 is 2.47 bits per heavy atom. The van der Waals surface area contributed by atoms with Crippen molar-refractivity contribution in [1.29, 1.82) is 0 Å². The molecule has 1 rings (SSSR count). The second kappa shape index (κ2) is 6.04. The van der Waals surface area contributed by atoms with Crippen molar-refractivity contribution in [2.24, 2.45) is 5.73 Å². The molecule has 4 N–H and O–H groups in total. The van der Waals surface area contributed by atoms with Crippen molar-refractivity contribution in [3.8, 4) is 0 Å². The van der Waals surface area contributed by atoms with Gasteiger partial charge in [-0.2, -0.15) is 0 Å². The zero-order valence-electron chi connectivity index (χ0n) is 11.2. The molecule has 0 aliphatic rings. The summed E-state index contributed by atoms with van der Waals surface area (Å²) < 4.78 is 0. The molecule has 0 radical (unpaired) electrons. The molecular weight excluding hydrogens is 266 g/mol. The number of nitrogens with one attached hydrogen (secondary N) is 2. The van der Waals surface area contributed by atoms with E-state index in [-0.39, 0.29) is 18.0 Å². The highest BCUT2D eigenvalue weighted by Gasteiger charge is 2.13. The predicted octanol–water partition coefficient (Wildman–Crippen LogP) is 1.77. The Bertz CT molecular complexity index is 495. The maximum atomic E-state index is 11.7. The number of amides is 2. The van der Waals surface area contributed by atoms with Crippen molar-refractivity contribution in [2.75, 3.05) is 11.9 Å². The second-order valence-corrected chi connectivity index (χ2v) is 5.62. The van der Waals surface area contributed by atoms with Gasteiger partial charge in [-0.1, -0.05) is 11.6 Å². The van der Waals surface area contributed by atoms with E-state index >= 15 is 0 Å². The molecule has 19 heavy (non-hydrogen) atoms. The van der Waals surface area contributed by atoms with Crippen LogP contribution in [0.1, 0.15) is 31.1 Å². The van der Waals surface area contributed by atoms with Gasteiger partial charge in [0.15, 0.2) is 0 Å². The summed E-state index contributed by atoms with van der Waals surface area (Å²) in [5.41, 5.74) is 5.68. The molecule has 0 spiro atoms. The molecule has 0 saturated carbocycles. The van der Waals surface area contributed by atoms with Gasteiger partial charge in [-0.05, 0) is 39.0 Å². The summed E-state index contributed by atoms with van der Waals surface area (Å²) in [6.07, 6.45) is 0. The van der Waals surface area contributed by atoms with Crippen LogP contribution in [0, 0.1) is 0 Å². The monoisotopic (exact) mass is 283 g/mol. The summed E-state index contributed by atoms with van der Waals surface area (Å²) in [6.45, 7) is 6.03. The van der Waals surface area contributed by atoms with Gasteiger partial charge in [0.2, 0.25) is 11.8 Å². The molecule has 0 aliphatic carbocycles. The number of nitrogens with two attached hydrogens (primary N) is 1. The molecule has 1 aromatic carbocycles. The quantitative estimate of drug-likeness (QED) is 0.787. The van der Waals surface area contributed by atoms with Crippen molar-refractivity contribution in [1.82, 2.24) is 5.32 Å². The molecule has 0 saturated heterocycles. The van der Waals surface area contributed by atoms with Gasteiger partial charge in [0.05, 0.1) is 17.3 Å². The van der Waals surface area contributed by atoms with Gasteiger partial charge in [0.25, 0.3) is 0 Å². The summed E-state index contributed by atoms with van der Waals surface area (Å²) in [5.74, 6) is -0.807. The fourth-order valence-corrected chi connectivity index (χ4v) is 1.48. The minimum absolute atomic E-state index is 0.153. The molecule has 0 fully saturated rings. The molecule has 0 bridgehead atoms. The number of rotatable bonds is 4. The number of anilines is 1. The fraction of sp³-hybridized carbons (Fsp3) is 0.385. The van der Waals surface area contributed by atoms with Gasteiger partial charge in [-0.3, -0.25) is 9.59 Å². The zero-order chi connectivity index (χ0) is 14.6. The highest BCUT2D eigenvalue weighted by atomic mass is 35.5. The Morgan fingerprint density at radius 1 is 1.32 bits per heavy atom. The lowest BCUT2D eigenvalue weighted by Gasteiger charge is -2.20. The smallest absolute Gasteiger partial charge is 0.248 e. The number of primary amides is 1. The van der Waals surface area contributed by atoms with Gasteiger partial charge < -0.3 is 16.4 Å². The van der Waals surface area contributed by atoms with Crippen LogP contribution in [-0.2, 0) is 4.79 Å². The Kier molecular flexibility index (Phi) is 4.91. The van der Waals surface area contributed by atoms with E-state index in [1.165, 1.54) is 18.2 Å². The molecule has 0 aromatic heterocycles. The van der Waals surface area contributed by atoms with Crippen molar-refractivity contribution in [2.45, 2.75) is 26.3 Å². The van der Waals surface area contributed by atoms with E-state index in [9.17, 15) is 9.59 Å². The highest BCUT2D eigenvalue weighted by molar-refractivity contribution is 6.33. The van der Waals surface area contributed by atoms with E-state index in [1.807, 2.05) is 20.8 Å². The van der Waals surface area contributed by atoms with Crippen molar-refractivity contribution in [3.05, 3.63) is 28.8 Å². The lowest BCUT2D eigenvalue weighted by molar-refractivity contribution is -0.115. The molecule has 6 heteroatoms. The Hall–Kier alpha value is -1.59. The predicted molar refractivity (Wildman–Crippen MR) is 76.4 cm³/mol. The van der Waals surface area contributed by atoms with E-state index in [1.54, 1.807) is 0 Å². The fourth-order valence-electron chi connectivity index (χ4n) is 1.31. The number of benzene rings is 1. The first-order valence-corrected chi connectivity index (χ1v) is 6.21. The first-order valence-electron chi connectivity index (χ1n) is 5.83. The third-order valence-electron chi connectivity index (χ3n) is 2.30. The van der Waals surface area contributed by atoms with Crippen LogP contribution in [-0.4, -0.2) is 23.9 Å². The van der Waals surface area contributed by atoms with Crippen LogP contribution in [0.5, 0.6) is 0 Å². The van der Waals surface area contributed by atoms with E-state index < -0.39 is 5.91 Å². The molecule has 0 atom stereocenters. The molecule has 0 unspecified atom stereocenters. The van der Waals surface area contributed by atoms with Gasteiger partial charge in [0, 0.05) is 11.1 Å². The van der Waals surface area contributed by atoms with Crippen LogP contribution in [0.25, 0.3) is 0 Å². The van der Waals surface area contributed by atoms with Gasteiger partial charge >= 0.3 is 0 Å². The van der Waals surface area contributed by atoms with Gasteiger partial charge in [0.1, 0.15) is 0 Å². The summed E-state index contributed by atoms with van der Waals surface area (Å²) in [7, 11) is 0. The summed E-state index contributed by atoms with van der Waals surface area (Å²) >= 11 is 5.95. The molecule has 0 heterocycles. The van der Waals surface area contributed by atoms with Gasteiger partial charge in [-0.15, -0.1) is 0 Å². The van der Waals surface area contributed by atoms with E-state index in [2.05, 4.69) is 10.6 Å². The number of carbonyl (C=O) groups is 2. The summed E-state index contributed by atoms with van der Waals surface area (Å²) in [5, 5.41) is 6.04. The molecular formula is C13H18ClN3O2. The number of halogens is 1. The highest BCUT2D eigenvalue weighted by Crippen LogP contribution is 2.22. The Morgan fingerprint density at radius 2 is 1.95 bits per heavy atom. The molecule has 1 aromatic rings. The first-order chi connectivity index (χ1) is 8.69. The van der Waals surface area contributed by atoms with Crippen LogP contribution in [0.4, 0.5) is 5.69 Å². The number of hydrogen-bond acceptors (Lipinski definition) is 3. The molecule has 104 valence electrons. The Balaban J connectivity index is 2.73. The maximum absolute atomic E-state index is 11.7. The normalized spacial score (nSPS) is 11.2. The summed E-state index contributed by atoms with van der Waals surface area (Å²) in [6, 6.07) is 4.49. The average Bonchev–Trinajstić information content (AvgIpc) is 2.28. The van der Waals surface area contributed by atoms with E-state index in [0.29, 0.717) is 16.3 Å². The van der Waals surface area contributed by atoms with Crippen LogP contribution < -0.4 is 16.4 Å². The molecule has 2 amide bonds. The SMILES string of the molecule is CC(C)(C)NCC(=O)Nc1cc(C(N)=O)ccc1Cl. The van der Waals surface area contributed by atoms with Crippen LogP contribution >= 0.6 is 11.6 Å².